The first kappa shape index (κ1) is 17.1. The van der Waals surface area contributed by atoms with Crippen LogP contribution in [0.2, 0.25) is 0 Å². The third kappa shape index (κ3) is 4.86. The number of rotatable bonds is 11. The maximum atomic E-state index is 6.01. The van der Waals surface area contributed by atoms with Crippen molar-refractivity contribution in [2.75, 3.05) is 47.1 Å². The van der Waals surface area contributed by atoms with Gasteiger partial charge in [-0.3, -0.25) is 4.90 Å². The van der Waals surface area contributed by atoms with E-state index in [4.69, 9.17) is 15.2 Å². The Morgan fingerprint density at radius 2 is 1.95 bits per heavy atom. The third-order valence-electron chi connectivity index (χ3n) is 3.38. The van der Waals surface area contributed by atoms with Crippen molar-refractivity contribution >= 4 is 0 Å². The number of imidazole rings is 1. The van der Waals surface area contributed by atoms with E-state index in [1.807, 2.05) is 12.5 Å². The van der Waals surface area contributed by atoms with Gasteiger partial charge in [-0.15, -0.1) is 0 Å². The van der Waals surface area contributed by atoms with Crippen LogP contribution >= 0.6 is 0 Å². The maximum absolute atomic E-state index is 6.01. The average molecular weight is 284 g/mol. The van der Waals surface area contributed by atoms with Crippen LogP contribution in [-0.2, 0) is 16.0 Å². The minimum Gasteiger partial charge on any atom is -0.383 e. The number of nitrogens with two attached hydrogens (primary N) is 1. The van der Waals surface area contributed by atoms with Crippen molar-refractivity contribution in [3.8, 4) is 0 Å². The molecule has 20 heavy (non-hydrogen) atoms. The van der Waals surface area contributed by atoms with E-state index in [-0.39, 0.29) is 6.04 Å². The molecule has 116 valence electrons. The molecule has 0 aromatic carbocycles. The van der Waals surface area contributed by atoms with Crippen molar-refractivity contribution in [2.45, 2.75) is 25.9 Å². The van der Waals surface area contributed by atoms with Gasteiger partial charge in [0.25, 0.3) is 0 Å². The predicted octanol–water partition coefficient (Wildman–Crippen LogP) is 0.888. The van der Waals surface area contributed by atoms with Crippen LogP contribution in [0.25, 0.3) is 0 Å². The Labute approximate surface area is 121 Å². The van der Waals surface area contributed by atoms with Gasteiger partial charge in [0.1, 0.15) is 0 Å². The zero-order valence-electron chi connectivity index (χ0n) is 12.9. The van der Waals surface area contributed by atoms with Crippen LogP contribution in [0.3, 0.4) is 0 Å². The topological polar surface area (TPSA) is 65.5 Å². The van der Waals surface area contributed by atoms with E-state index in [9.17, 15) is 0 Å². The van der Waals surface area contributed by atoms with E-state index in [0.29, 0.717) is 19.8 Å². The minimum atomic E-state index is 0.148. The van der Waals surface area contributed by atoms with Crippen molar-refractivity contribution in [3.63, 3.8) is 0 Å². The van der Waals surface area contributed by atoms with Gasteiger partial charge < -0.3 is 19.8 Å². The van der Waals surface area contributed by atoms with Gasteiger partial charge in [0, 0.05) is 46.6 Å². The first-order chi connectivity index (χ1) is 9.78. The summed E-state index contributed by atoms with van der Waals surface area (Å²) in [5.41, 5.74) is 7.18. The van der Waals surface area contributed by atoms with Crippen molar-refractivity contribution in [2.24, 2.45) is 5.73 Å². The van der Waals surface area contributed by atoms with Gasteiger partial charge in [0.2, 0.25) is 0 Å². The molecule has 0 aliphatic carbocycles. The summed E-state index contributed by atoms with van der Waals surface area (Å²) in [6.07, 6.45) is 4.88. The van der Waals surface area contributed by atoms with Crippen molar-refractivity contribution in [1.82, 2.24) is 14.5 Å². The zero-order valence-corrected chi connectivity index (χ0v) is 12.9. The second-order valence-corrected chi connectivity index (χ2v) is 4.78. The molecule has 6 heteroatoms. The standard InChI is InChI=1S/C14H28N4O2/c1-4-5-18-12-16-11-14(18)13(10-15)17(6-8-19-2)7-9-20-3/h11-13H,4-10,15H2,1-3H3. The van der Waals surface area contributed by atoms with Gasteiger partial charge in [-0.1, -0.05) is 6.92 Å². The van der Waals surface area contributed by atoms with Gasteiger partial charge in [-0.2, -0.15) is 0 Å². The molecule has 0 fully saturated rings. The molecular weight excluding hydrogens is 256 g/mol. The molecule has 0 radical (unpaired) electrons. The highest BCUT2D eigenvalue weighted by molar-refractivity contribution is 5.06. The molecule has 1 atom stereocenters. The van der Waals surface area contributed by atoms with E-state index < -0.39 is 0 Å². The van der Waals surface area contributed by atoms with Gasteiger partial charge in [0.05, 0.1) is 31.3 Å². The summed E-state index contributed by atoms with van der Waals surface area (Å²) >= 11 is 0. The molecular formula is C14H28N4O2. The lowest BCUT2D eigenvalue weighted by atomic mass is 10.1. The fourth-order valence-corrected chi connectivity index (χ4v) is 2.33. The third-order valence-corrected chi connectivity index (χ3v) is 3.38. The number of hydrogen-bond donors (Lipinski definition) is 1. The number of ether oxygens (including phenoxy) is 2. The number of aromatic nitrogens is 2. The van der Waals surface area contributed by atoms with E-state index in [0.717, 1.165) is 26.1 Å². The Kier molecular flexibility index (Phi) is 8.45. The number of aryl methyl sites for hydroxylation is 1. The lowest BCUT2D eigenvalue weighted by Gasteiger charge is -2.31. The summed E-state index contributed by atoms with van der Waals surface area (Å²) in [5, 5.41) is 0. The Hall–Kier alpha value is -0.950. The Morgan fingerprint density at radius 1 is 1.30 bits per heavy atom. The smallest absolute Gasteiger partial charge is 0.0948 e. The molecule has 1 heterocycles. The highest BCUT2D eigenvalue weighted by Gasteiger charge is 2.21. The molecule has 1 aromatic heterocycles. The van der Waals surface area contributed by atoms with Crippen LogP contribution in [0, 0.1) is 0 Å². The molecule has 0 bridgehead atoms. The lowest BCUT2D eigenvalue weighted by molar-refractivity contribution is 0.0868. The molecule has 6 nitrogen and oxygen atoms in total. The minimum absolute atomic E-state index is 0.148. The average Bonchev–Trinajstić information content (AvgIpc) is 2.90. The molecule has 2 N–H and O–H groups in total. The SMILES string of the molecule is CCCn1cncc1C(CN)N(CCOC)CCOC. The highest BCUT2D eigenvalue weighted by atomic mass is 16.5. The van der Waals surface area contributed by atoms with Crippen LogP contribution in [0.5, 0.6) is 0 Å². The van der Waals surface area contributed by atoms with E-state index >= 15 is 0 Å². The second-order valence-electron chi connectivity index (χ2n) is 4.78. The Bertz CT molecular complexity index is 349. The molecule has 0 spiro atoms. The predicted molar refractivity (Wildman–Crippen MR) is 79.6 cm³/mol. The molecule has 0 saturated heterocycles. The molecule has 1 aromatic rings. The van der Waals surface area contributed by atoms with Gasteiger partial charge in [-0.05, 0) is 6.42 Å². The molecule has 0 amide bonds. The lowest BCUT2D eigenvalue weighted by Crippen LogP contribution is -2.39. The van der Waals surface area contributed by atoms with Crippen LogP contribution in [-0.4, -0.2) is 61.5 Å². The number of nitrogens with zero attached hydrogens (tertiary/aromatic N) is 3. The summed E-state index contributed by atoms with van der Waals surface area (Å²) < 4.78 is 12.6. The highest BCUT2D eigenvalue weighted by Crippen LogP contribution is 2.19. The monoisotopic (exact) mass is 284 g/mol. The molecule has 0 aliphatic rings. The second kappa shape index (κ2) is 9.88. The van der Waals surface area contributed by atoms with Crippen molar-refractivity contribution in [3.05, 3.63) is 18.2 Å². The van der Waals surface area contributed by atoms with Crippen LogP contribution < -0.4 is 5.73 Å². The van der Waals surface area contributed by atoms with Crippen LogP contribution in [0.15, 0.2) is 12.5 Å². The van der Waals surface area contributed by atoms with Crippen molar-refractivity contribution < 1.29 is 9.47 Å². The van der Waals surface area contributed by atoms with Gasteiger partial charge in [0.15, 0.2) is 0 Å². The Balaban J connectivity index is 2.83. The maximum Gasteiger partial charge on any atom is 0.0948 e. The normalized spacial score (nSPS) is 13.1. The van der Waals surface area contributed by atoms with E-state index in [2.05, 4.69) is 21.4 Å². The quantitative estimate of drug-likeness (QED) is 0.653. The number of hydrogen-bond acceptors (Lipinski definition) is 5. The van der Waals surface area contributed by atoms with Crippen LogP contribution in [0.4, 0.5) is 0 Å². The van der Waals surface area contributed by atoms with Crippen LogP contribution in [0.1, 0.15) is 25.1 Å². The van der Waals surface area contributed by atoms with E-state index in [1.165, 1.54) is 5.69 Å². The first-order valence-electron chi connectivity index (χ1n) is 7.20. The first-order valence-corrected chi connectivity index (χ1v) is 7.20. The Morgan fingerprint density at radius 3 is 2.45 bits per heavy atom. The fraction of sp³-hybridized carbons (Fsp3) is 0.786. The summed E-state index contributed by atoms with van der Waals surface area (Å²) in [6.45, 7) is 6.72. The summed E-state index contributed by atoms with van der Waals surface area (Å²) in [6, 6.07) is 0.148. The molecule has 0 aliphatic heterocycles. The summed E-state index contributed by atoms with van der Waals surface area (Å²) in [5.74, 6) is 0. The van der Waals surface area contributed by atoms with Crippen molar-refractivity contribution in [1.29, 1.82) is 0 Å². The van der Waals surface area contributed by atoms with Gasteiger partial charge in [-0.25, -0.2) is 4.98 Å². The largest absolute Gasteiger partial charge is 0.383 e. The fourth-order valence-electron chi connectivity index (χ4n) is 2.33. The molecule has 0 saturated carbocycles. The zero-order chi connectivity index (χ0) is 14.8. The summed E-state index contributed by atoms with van der Waals surface area (Å²) in [7, 11) is 3.43. The summed E-state index contributed by atoms with van der Waals surface area (Å²) in [4.78, 5) is 6.57. The number of methoxy groups -OCH3 is 2. The van der Waals surface area contributed by atoms with Gasteiger partial charge >= 0.3 is 0 Å². The molecule has 1 unspecified atom stereocenters. The van der Waals surface area contributed by atoms with E-state index in [1.54, 1.807) is 14.2 Å². The molecule has 1 rings (SSSR count).